The number of rotatable bonds is 5. The first-order valence-electron chi connectivity index (χ1n) is 11.2. The maximum absolute atomic E-state index is 9.59. The number of nitrogens with zero attached hydrogens (tertiary/aromatic N) is 1. The van der Waals surface area contributed by atoms with E-state index in [1.54, 1.807) is 0 Å². The quantitative estimate of drug-likeness (QED) is 0.808. The molecule has 0 atom stereocenters. The van der Waals surface area contributed by atoms with Gasteiger partial charge in [-0.2, -0.15) is 0 Å². The molecule has 0 saturated carbocycles. The van der Waals surface area contributed by atoms with E-state index >= 15 is 0 Å². The molecule has 0 aliphatic carbocycles. The lowest BCUT2D eigenvalue weighted by Gasteiger charge is -2.13. The Bertz CT molecular complexity index is 980. The van der Waals surface area contributed by atoms with Crippen molar-refractivity contribution in [2.75, 3.05) is 20.5 Å². The summed E-state index contributed by atoms with van der Waals surface area (Å²) in [7, 11) is 0. The molecule has 2 aromatic rings. The molecule has 0 saturated heterocycles. The third-order valence-corrected chi connectivity index (χ3v) is 4.13. The van der Waals surface area contributed by atoms with Gasteiger partial charge in [0.1, 0.15) is 12.4 Å². The topological polar surface area (TPSA) is 32.7 Å². The SMILES string of the molecule is [2H]C([2H])([2H])N(CC/C=C1/c2ccccc2COc2ccc(CC(=C)O)cc21)C([2H])([2H])[2H]. The zero-order valence-corrected chi connectivity index (χ0v) is 14.0. The van der Waals surface area contributed by atoms with Gasteiger partial charge in [0, 0.05) is 26.8 Å². The predicted molar refractivity (Wildman–Crippen MR) is 103 cm³/mol. The van der Waals surface area contributed by atoms with E-state index in [0.717, 1.165) is 27.8 Å². The van der Waals surface area contributed by atoms with Crippen molar-refractivity contribution in [3.8, 4) is 5.75 Å². The normalized spacial score (nSPS) is 19.2. The largest absolute Gasteiger partial charge is 0.513 e. The van der Waals surface area contributed by atoms with Crippen LogP contribution in [0.15, 0.2) is 60.9 Å². The molecular formula is C22H25NO2. The Morgan fingerprint density at radius 3 is 2.92 bits per heavy atom. The zero-order valence-electron chi connectivity index (χ0n) is 20.0. The van der Waals surface area contributed by atoms with Crippen LogP contribution >= 0.6 is 0 Å². The highest BCUT2D eigenvalue weighted by Crippen LogP contribution is 2.37. The molecule has 1 aliphatic rings. The van der Waals surface area contributed by atoms with Gasteiger partial charge < -0.3 is 14.7 Å². The van der Waals surface area contributed by atoms with Crippen molar-refractivity contribution in [3.63, 3.8) is 0 Å². The molecule has 0 bridgehead atoms. The monoisotopic (exact) mass is 341 g/mol. The van der Waals surface area contributed by atoms with Crippen LogP contribution in [0, 0.1) is 0 Å². The number of aliphatic hydroxyl groups excluding tert-OH is 1. The summed E-state index contributed by atoms with van der Waals surface area (Å²) in [5.41, 5.74) is 4.41. The molecule has 3 nitrogen and oxygen atoms in total. The maximum Gasteiger partial charge on any atom is 0.127 e. The predicted octanol–water partition coefficient (Wildman–Crippen LogP) is 4.58. The summed E-state index contributed by atoms with van der Waals surface area (Å²) in [6.07, 6.45) is 2.37. The molecule has 0 unspecified atom stereocenters. The van der Waals surface area contributed by atoms with Gasteiger partial charge >= 0.3 is 0 Å². The number of aliphatic hydroxyl groups is 1. The minimum atomic E-state index is -2.72. The molecular weight excluding hydrogens is 310 g/mol. The molecule has 25 heavy (non-hydrogen) atoms. The highest BCUT2D eigenvalue weighted by Gasteiger charge is 2.19. The second kappa shape index (κ2) is 7.58. The fraction of sp³-hybridized carbons (Fsp3) is 0.273. The number of hydrogen-bond acceptors (Lipinski definition) is 3. The van der Waals surface area contributed by atoms with E-state index in [1.807, 2.05) is 48.5 Å². The van der Waals surface area contributed by atoms with E-state index in [2.05, 4.69) is 6.58 Å². The molecule has 3 rings (SSSR count). The smallest absolute Gasteiger partial charge is 0.127 e. The van der Waals surface area contributed by atoms with Crippen LogP contribution in [-0.4, -0.2) is 30.5 Å². The van der Waals surface area contributed by atoms with Crippen molar-refractivity contribution in [3.05, 3.63) is 83.1 Å². The number of ether oxygens (including phenoxy) is 1. The average molecular weight is 341 g/mol. The van der Waals surface area contributed by atoms with Crippen LogP contribution in [0.1, 0.15) is 36.9 Å². The first kappa shape index (κ1) is 11.2. The van der Waals surface area contributed by atoms with Crippen LogP contribution in [0.3, 0.4) is 0 Å². The highest BCUT2D eigenvalue weighted by atomic mass is 16.5. The highest BCUT2D eigenvalue weighted by molar-refractivity contribution is 5.85. The van der Waals surface area contributed by atoms with Gasteiger partial charge in [-0.3, -0.25) is 0 Å². The summed E-state index contributed by atoms with van der Waals surface area (Å²) in [6.45, 7) is -1.67. The summed E-state index contributed by atoms with van der Waals surface area (Å²) >= 11 is 0. The molecule has 2 aromatic carbocycles. The van der Waals surface area contributed by atoms with Gasteiger partial charge in [-0.25, -0.2) is 0 Å². The molecule has 1 heterocycles. The minimum Gasteiger partial charge on any atom is -0.513 e. The Kier molecular flexibility index (Phi) is 3.38. The van der Waals surface area contributed by atoms with E-state index in [9.17, 15) is 5.11 Å². The molecule has 0 spiro atoms. The Hall–Kier alpha value is -2.52. The number of hydrogen-bond donors (Lipinski definition) is 1. The van der Waals surface area contributed by atoms with Crippen molar-refractivity contribution < 1.29 is 18.1 Å². The second-order valence-corrected chi connectivity index (χ2v) is 6.08. The van der Waals surface area contributed by atoms with E-state index in [4.69, 9.17) is 13.0 Å². The lowest BCUT2D eigenvalue weighted by Crippen LogP contribution is -2.12. The van der Waals surface area contributed by atoms with Crippen molar-refractivity contribution in [2.45, 2.75) is 19.4 Å². The number of benzene rings is 2. The summed E-state index contributed by atoms with van der Waals surface area (Å²) in [5.74, 6) is 0.713. The van der Waals surface area contributed by atoms with Gasteiger partial charge in [-0.05, 0) is 54.8 Å². The maximum atomic E-state index is 9.59. The van der Waals surface area contributed by atoms with Gasteiger partial charge in [-0.15, -0.1) is 0 Å². The van der Waals surface area contributed by atoms with E-state index in [1.165, 1.54) is 0 Å². The second-order valence-electron chi connectivity index (χ2n) is 6.08. The summed E-state index contributed by atoms with van der Waals surface area (Å²) in [4.78, 5) is 0.559. The number of allylic oxidation sites excluding steroid dienone is 1. The van der Waals surface area contributed by atoms with Crippen molar-refractivity contribution >= 4 is 5.57 Å². The fourth-order valence-electron chi connectivity index (χ4n) is 3.03. The van der Waals surface area contributed by atoms with E-state index < -0.39 is 14.0 Å². The zero-order chi connectivity index (χ0) is 22.8. The minimum absolute atomic E-state index is 0.0476. The molecule has 1 N–H and O–H groups in total. The van der Waals surface area contributed by atoms with Gasteiger partial charge in [0.25, 0.3) is 0 Å². The van der Waals surface area contributed by atoms with Crippen LogP contribution in [0.4, 0.5) is 0 Å². The van der Waals surface area contributed by atoms with Gasteiger partial charge in [0.2, 0.25) is 0 Å². The van der Waals surface area contributed by atoms with E-state index in [-0.39, 0.29) is 18.7 Å². The summed E-state index contributed by atoms with van der Waals surface area (Å²) in [5, 5.41) is 9.59. The van der Waals surface area contributed by atoms with Gasteiger partial charge in [0.15, 0.2) is 0 Å². The summed E-state index contributed by atoms with van der Waals surface area (Å²) in [6, 6.07) is 13.4. The standard InChI is InChI=1S/C22H25NO2/c1-16(24)13-17-10-11-22-21(14-17)20(9-6-12-23(2)3)19-8-5-4-7-18(19)15-25-22/h4-5,7-11,14,24H,1,6,12-13,15H2,2-3H3/b20-9-/i2D3,3D3. The van der Waals surface area contributed by atoms with Crippen LogP contribution in [0.25, 0.3) is 5.57 Å². The van der Waals surface area contributed by atoms with Gasteiger partial charge in [0.05, 0.1) is 5.76 Å². The third kappa shape index (κ3) is 4.12. The van der Waals surface area contributed by atoms with Gasteiger partial charge in [-0.1, -0.05) is 43.0 Å². The van der Waals surface area contributed by atoms with Crippen LogP contribution in [-0.2, 0) is 13.0 Å². The third-order valence-electron chi connectivity index (χ3n) is 4.13. The molecule has 0 amide bonds. The van der Waals surface area contributed by atoms with Crippen LogP contribution in [0.5, 0.6) is 5.75 Å². The van der Waals surface area contributed by atoms with Crippen molar-refractivity contribution in [2.24, 2.45) is 0 Å². The summed E-state index contributed by atoms with van der Waals surface area (Å²) < 4.78 is 51.3. The number of fused-ring (bicyclic) bond motifs is 2. The Labute approximate surface area is 158 Å². The van der Waals surface area contributed by atoms with E-state index in [0.29, 0.717) is 23.7 Å². The molecule has 3 heteroatoms. The van der Waals surface area contributed by atoms with Crippen molar-refractivity contribution in [1.82, 2.24) is 4.90 Å². The van der Waals surface area contributed by atoms with Crippen LogP contribution < -0.4 is 4.74 Å². The first-order valence-corrected chi connectivity index (χ1v) is 8.16. The molecule has 1 aliphatic heterocycles. The molecule has 130 valence electrons. The lowest BCUT2D eigenvalue weighted by molar-refractivity contribution is 0.307. The fourth-order valence-corrected chi connectivity index (χ4v) is 3.03. The molecule has 0 radical (unpaired) electrons. The average Bonchev–Trinajstić information content (AvgIpc) is 2.79. The molecule has 0 aromatic heterocycles. The first-order chi connectivity index (χ1) is 14.5. The lowest BCUT2D eigenvalue weighted by atomic mass is 9.92. The van der Waals surface area contributed by atoms with Crippen molar-refractivity contribution in [1.29, 1.82) is 0 Å². The Morgan fingerprint density at radius 2 is 2.12 bits per heavy atom. The Morgan fingerprint density at radius 1 is 1.28 bits per heavy atom. The van der Waals surface area contributed by atoms with Crippen LogP contribution in [0.2, 0.25) is 0 Å². The Balaban J connectivity index is 2.02. The molecule has 0 fully saturated rings.